The second-order valence-corrected chi connectivity index (χ2v) is 5.06. The molecular weight excluding hydrogens is 282 g/mol. The molecule has 0 unspecified atom stereocenters. The van der Waals surface area contributed by atoms with Crippen LogP contribution < -0.4 is 5.32 Å². The molecule has 5 nitrogen and oxygen atoms in total. The van der Waals surface area contributed by atoms with Crippen molar-refractivity contribution in [3.63, 3.8) is 0 Å². The minimum Gasteiger partial charge on any atom is -0.340 e. The average molecular weight is 292 g/mol. The van der Waals surface area contributed by atoms with Crippen molar-refractivity contribution in [2.45, 2.75) is 4.90 Å². The first-order valence-corrected chi connectivity index (χ1v) is 7.14. The molecule has 0 aliphatic rings. The third-order valence-electron chi connectivity index (χ3n) is 2.56. The van der Waals surface area contributed by atoms with Crippen molar-refractivity contribution < 1.29 is 0 Å². The van der Waals surface area contributed by atoms with Crippen LogP contribution in [0.2, 0.25) is 5.15 Å². The first-order chi connectivity index (χ1) is 9.26. The van der Waals surface area contributed by atoms with E-state index in [1.165, 1.54) is 11.2 Å². The Hall–Kier alpha value is -1.79. The Labute approximate surface area is 119 Å². The summed E-state index contributed by atoms with van der Waals surface area (Å²) in [5.74, 6) is 1.20. The molecule has 19 heavy (non-hydrogen) atoms. The Morgan fingerprint density at radius 2 is 2.21 bits per heavy atom. The number of hydrogen-bond acceptors (Lipinski definition) is 5. The Balaban J connectivity index is 2.02. The van der Waals surface area contributed by atoms with E-state index >= 15 is 0 Å². The number of rotatable bonds is 3. The zero-order valence-electron chi connectivity index (χ0n) is 10.0. The van der Waals surface area contributed by atoms with Crippen LogP contribution in [0.1, 0.15) is 0 Å². The van der Waals surface area contributed by atoms with Crippen LogP contribution in [0.5, 0.6) is 0 Å². The van der Waals surface area contributed by atoms with E-state index in [4.69, 9.17) is 11.6 Å². The molecular formula is C12H10ClN5S. The van der Waals surface area contributed by atoms with Gasteiger partial charge in [-0.2, -0.15) is 19.6 Å². The standard InChI is InChI=1S/C12H10ClN5S/c1-19-9-4-2-3-8(5-9)16-11-6-10(13)17-12-14-7-15-18(11)12/h2-7,16H,1H3. The van der Waals surface area contributed by atoms with Crippen molar-refractivity contribution in [3.05, 3.63) is 41.8 Å². The number of hydrogen-bond donors (Lipinski definition) is 1. The minimum atomic E-state index is 0.379. The lowest BCUT2D eigenvalue weighted by Gasteiger charge is -2.09. The molecule has 7 heteroatoms. The highest BCUT2D eigenvalue weighted by Crippen LogP contribution is 2.23. The summed E-state index contributed by atoms with van der Waals surface area (Å²) in [4.78, 5) is 9.29. The number of halogens is 1. The SMILES string of the molecule is CSc1cccc(Nc2cc(Cl)nc3ncnn23)c1. The molecule has 0 spiro atoms. The predicted molar refractivity (Wildman–Crippen MR) is 77.3 cm³/mol. The monoisotopic (exact) mass is 291 g/mol. The first kappa shape index (κ1) is 12.3. The van der Waals surface area contributed by atoms with Gasteiger partial charge in [-0.1, -0.05) is 17.7 Å². The van der Waals surface area contributed by atoms with Gasteiger partial charge in [0.25, 0.3) is 5.78 Å². The molecule has 0 amide bonds. The average Bonchev–Trinajstić information content (AvgIpc) is 2.87. The predicted octanol–water partition coefficient (Wildman–Crippen LogP) is 3.24. The van der Waals surface area contributed by atoms with E-state index in [-0.39, 0.29) is 0 Å². The van der Waals surface area contributed by atoms with Crippen LogP contribution in [0.25, 0.3) is 5.78 Å². The Kier molecular flexibility index (Phi) is 3.27. The smallest absolute Gasteiger partial charge is 0.255 e. The second-order valence-electron chi connectivity index (χ2n) is 3.79. The minimum absolute atomic E-state index is 0.379. The topological polar surface area (TPSA) is 55.1 Å². The number of nitrogens with one attached hydrogen (secondary N) is 1. The van der Waals surface area contributed by atoms with Crippen molar-refractivity contribution in [1.29, 1.82) is 0 Å². The third kappa shape index (κ3) is 2.50. The van der Waals surface area contributed by atoms with E-state index < -0.39 is 0 Å². The van der Waals surface area contributed by atoms with Crippen LogP contribution in [0.15, 0.2) is 41.6 Å². The van der Waals surface area contributed by atoms with Crippen LogP contribution in [-0.4, -0.2) is 25.8 Å². The van der Waals surface area contributed by atoms with E-state index in [2.05, 4.69) is 32.5 Å². The summed E-state index contributed by atoms with van der Waals surface area (Å²) in [5.41, 5.74) is 0.964. The largest absolute Gasteiger partial charge is 0.340 e. The van der Waals surface area contributed by atoms with Crippen LogP contribution in [0.3, 0.4) is 0 Å². The van der Waals surface area contributed by atoms with Gasteiger partial charge in [-0.05, 0) is 24.5 Å². The number of anilines is 2. The Morgan fingerprint density at radius 1 is 1.32 bits per heavy atom. The van der Waals surface area contributed by atoms with Crippen molar-refractivity contribution in [3.8, 4) is 0 Å². The Bertz CT molecular complexity index is 727. The fraction of sp³-hybridized carbons (Fsp3) is 0.0833. The molecule has 0 fully saturated rings. The van der Waals surface area contributed by atoms with E-state index in [1.807, 2.05) is 18.4 Å². The maximum Gasteiger partial charge on any atom is 0.255 e. The zero-order valence-corrected chi connectivity index (χ0v) is 11.6. The molecule has 0 radical (unpaired) electrons. The molecule has 3 rings (SSSR count). The molecule has 0 atom stereocenters. The molecule has 1 aromatic carbocycles. The van der Waals surface area contributed by atoms with Crippen LogP contribution in [-0.2, 0) is 0 Å². The fourth-order valence-electron chi connectivity index (χ4n) is 1.72. The van der Waals surface area contributed by atoms with Gasteiger partial charge in [0.15, 0.2) is 0 Å². The summed E-state index contributed by atoms with van der Waals surface area (Å²) in [7, 11) is 0. The lowest BCUT2D eigenvalue weighted by molar-refractivity contribution is 0.947. The van der Waals surface area contributed by atoms with Crippen LogP contribution >= 0.6 is 23.4 Å². The normalized spacial score (nSPS) is 10.8. The number of aromatic nitrogens is 4. The van der Waals surface area contributed by atoms with Crippen molar-refractivity contribution in [2.75, 3.05) is 11.6 Å². The molecule has 2 aromatic heterocycles. The van der Waals surface area contributed by atoms with Gasteiger partial charge in [-0.25, -0.2) is 0 Å². The highest BCUT2D eigenvalue weighted by molar-refractivity contribution is 7.98. The number of fused-ring (bicyclic) bond motifs is 1. The molecule has 0 saturated carbocycles. The van der Waals surface area contributed by atoms with Gasteiger partial charge >= 0.3 is 0 Å². The zero-order chi connectivity index (χ0) is 13.2. The molecule has 0 aliphatic heterocycles. The summed E-state index contributed by atoms with van der Waals surface area (Å²) in [6, 6.07) is 9.81. The molecule has 96 valence electrons. The lowest BCUT2D eigenvalue weighted by atomic mass is 10.3. The third-order valence-corrected chi connectivity index (χ3v) is 3.48. The molecule has 0 aliphatic carbocycles. The van der Waals surface area contributed by atoms with Gasteiger partial charge in [0.05, 0.1) is 0 Å². The summed E-state index contributed by atoms with van der Waals surface area (Å²) < 4.78 is 1.61. The summed E-state index contributed by atoms with van der Waals surface area (Å²) in [5, 5.41) is 7.77. The Morgan fingerprint density at radius 3 is 3.05 bits per heavy atom. The quantitative estimate of drug-likeness (QED) is 0.593. The van der Waals surface area contributed by atoms with Crippen LogP contribution in [0.4, 0.5) is 11.5 Å². The van der Waals surface area contributed by atoms with E-state index in [0.29, 0.717) is 10.9 Å². The van der Waals surface area contributed by atoms with Gasteiger partial charge in [0.1, 0.15) is 17.3 Å². The van der Waals surface area contributed by atoms with Gasteiger partial charge < -0.3 is 5.32 Å². The highest BCUT2D eigenvalue weighted by Gasteiger charge is 2.06. The highest BCUT2D eigenvalue weighted by atomic mass is 35.5. The maximum atomic E-state index is 5.97. The van der Waals surface area contributed by atoms with E-state index in [9.17, 15) is 0 Å². The van der Waals surface area contributed by atoms with Gasteiger partial charge in [0, 0.05) is 16.6 Å². The van der Waals surface area contributed by atoms with Gasteiger partial charge in [0.2, 0.25) is 0 Å². The second kappa shape index (κ2) is 5.07. The number of benzene rings is 1. The van der Waals surface area contributed by atoms with Crippen molar-refractivity contribution >= 4 is 40.6 Å². The molecule has 1 N–H and O–H groups in total. The fourth-order valence-corrected chi connectivity index (χ4v) is 2.36. The van der Waals surface area contributed by atoms with E-state index in [0.717, 1.165) is 11.5 Å². The number of thioether (sulfide) groups is 1. The van der Waals surface area contributed by atoms with Gasteiger partial charge in [-0.15, -0.1) is 11.8 Å². The molecule has 2 heterocycles. The lowest BCUT2D eigenvalue weighted by Crippen LogP contribution is -2.01. The summed E-state index contributed by atoms with van der Waals surface area (Å²) in [6.45, 7) is 0. The molecule has 0 bridgehead atoms. The molecule has 0 saturated heterocycles. The summed E-state index contributed by atoms with van der Waals surface area (Å²) >= 11 is 7.66. The number of nitrogens with zero attached hydrogens (tertiary/aromatic N) is 4. The van der Waals surface area contributed by atoms with Crippen LogP contribution in [0, 0.1) is 0 Å². The van der Waals surface area contributed by atoms with Crippen molar-refractivity contribution in [1.82, 2.24) is 19.6 Å². The molecule has 3 aromatic rings. The van der Waals surface area contributed by atoms with E-state index in [1.54, 1.807) is 22.3 Å². The maximum absolute atomic E-state index is 5.97. The van der Waals surface area contributed by atoms with Gasteiger partial charge in [-0.3, -0.25) is 0 Å². The van der Waals surface area contributed by atoms with Crippen molar-refractivity contribution in [2.24, 2.45) is 0 Å². The first-order valence-electron chi connectivity index (χ1n) is 5.53. The summed E-state index contributed by atoms with van der Waals surface area (Å²) in [6.07, 6.45) is 3.49.